The highest BCUT2D eigenvalue weighted by Crippen LogP contribution is 2.38. The van der Waals surface area contributed by atoms with E-state index >= 15 is 0 Å². The van der Waals surface area contributed by atoms with Gasteiger partial charge in [0.1, 0.15) is 0 Å². The van der Waals surface area contributed by atoms with Crippen LogP contribution in [0, 0.1) is 5.92 Å². The first-order valence-electron chi connectivity index (χ1n) is 10.9. The zero-order valence-electron chi connectivity index (χ0n) is 20.2. The van der Waals surface area contributed by atoms with E-state index in [1.54, 1.807) is 21.3 Å². The molecule has 178 valence electrons. The highest BCUT2D eigenvalue weighted by molar-refractivity contribution is 14.0. The molecule has 0 bridgehead atoms. The third-order valence-corrected chi connectivity index (χ3v) is 6.09. The number of nitrogens with zero attached hydrogens (tertiary/aromatic N) is 2. The Kier molecular flexibility index (Phi) is 11.8. The Hall–Kier alpha value is -1.42. The van der Waals surface area contributed by atoms with Gasteiger partial charge in [-0.15, -0.1) is 24.0 Å². The Morgan fingerprint density at radius 2 is 1.77 bits per heavy atom. The predicted molar refractivity (Wildman–Crippen MR) is 138 cm³/mol. The van der Waals surface area contributed by atoms with E-state index in [0.717, 1.165) is 30.5 Å². The van der Waals surface area contributed by atoms with Gasteiger partial charge in [-0.3, -0.25) is 0 Å². The second-order valence-electron chi connectivity index (χ2n) is 8.40. The van der Waals surface area contributed by atoms with Crippen LogP contribution in [0.5, 0.6) is 17.2 Å². The maximum Gasteiger partial charge on any atom is 0.203 e. The number of methoxy groups -OCH3 is 3. The average molecular weight is 549 g/mol. The summed E-state index contributed by atoms with van der Waals surface area (Å²) in [5.41, 5.74) is 1.16. The number of ether oxygens (including phenoxy) is 3. The van der Waals surface area contributed by atoms with E-state index in [1.165, 1.54) is 25.7 Å². The lowest BCUT2D eigenvalue weighted by Gasteiger charge is -2.45. The molecule has 1 aliphatic rings. The Morgan fingerprint density at radius 1 is 1.13 bits per heavy atom. The van der Waals surface area contributed by atoms with Crippen LogP contribution in [0.4, 0.5) is 0 Å². The monoisotopic (exact) mass is 548 g/mol. The molecule has 7 nitrogen and oxygen atoms in total. The van der Waals surface area contributed by atoms with Gasteiger partial charge in [0, 0.05) is 18.6 Å². The molecule has 1 fully saturated rings. The predicted octanol–water partition coefficient (Wildman–Crippen LogP) is 3.90. The molecule has 0 heterocycles. The summed E-state index contributed by atoms with van der Waals surface area (Å²) in [6.45, 7) is 6.65. The number of likely N-dealkylation sites (N-methyl/N-ethyl adjacent to an activating group) is 1. The molecule has 0 radical (unpaired) electrons. The van der Waals surface area contributed by atoms with Gasteiger partial charge in [-0.05, 0) is 57.5 Å². The van der Waals surface area contributed by atoms with Gasteiger partial charge in [0.2, 0.25) is 5.75 Å². The van der Waals surface area contributed by atoms with E-state index in [-0.39, 0.29) is 29.5 Å². The number of hydrogen-bond acceptors (Lipinski definition) is 5. The highest BCUT2D eigenvalue weighted by Gasteiger charge is 2.36. The third kappa shape index (κ3) is 7.30. The van der Waals surface area contributed by atoms with Crippen molar-refractivity contribution in [1.29, 1.82) is 0 Å². The van der Waals surface area contributed by atoms with Gasteiger partial charge in [-0.2, -0.15) is 0 Å². The standard InChI is InChI=1S/C23H40N4O3.HI/c1-8-24-22(26-16-23(27(3)4)11-9-10-17(2)14-23)25-15-18-12-19(28-5)21(30-7)20(13-18)29-6;/h12-13,17H,8-11,14-16H2,1-7H3,(H2,24,25,26);1H. The number of benzene rings is 1. The van der Waals surface area contributed by atoms with Crippen molar-refractivity contribution in [2.45, 2.75) is 51.6 Å². The first kappa shape index (κ1) is 27.6. The summed E-state index contributed by atoms with van der Waals surface area (Å²) in [5, 5.41) is 6.97. The third-order valence-electron chi connectivity index (χ3n) is 6.09. The molecule has 8 heteroatoms. The minimum Gasteiger partial charge on any atom is -0.493 e. The molecule has 0 aromatic heterocycles. The van der Waals surface area contributed by atoms with Crippen molar-refractivity contribution in [3.05, 3.63) is 17.7 Å². The number of guanidine groups is 1. The van der Waals surface area contributed by atoms with E-state index in [4.69, 9.17) is 19.2 Å². The van der Waals surface area contributed by atoms with Crippen LogP contribution in [0.25, 0.3) is 0 Å². The molecule has 0 amide bonds. The van der Waals surface area contributed by atoms with Crippen LogP contribution >= 0.6 is 24.0 Å². The van der Waals surface area contributed by atoms with E-state index in [0.29, 0.717) is 23.8 Å². The normalized spacial score (nSPS) is 21.3. The van der Waals surface area contributed by atoms with E-state index in [9.17, 15) is 0 Å². The Balaban J connectivity index is 0.00000480. The first-order chi connectivity index (χ1) is 14.4. The maximum atomic E-state index is 5.46. The quantitative estimate of drug-likeness (QED) is 0.277. The van der Waals surface area contributed by atoms with Crippen molar-refractivity contribution in [2.24, 2.45) is 10.9 Å². The van der Waals surface area contributed by atoms with Gasteiger partial charge in [-0.1, -0.05) is 19.8 Å². The van der Waals surface area contributed by atoms with Gasteiger partial charge in [-0.25, -0.2) is 4.99 Å². The first-order valence-corrected chi connectivity index (χ1v) is 10.9. The second-order valence-corrected chi connectivity index (χ2v) is 8.40. The molecule has 31 heavy (non-hydrogen) atoms. The van der Waals surface area contributed by atoms with Gasteiger partial charge in [0.15, 0.2) is 17.5 Å². The molecule has 0 spiro atoms. The lowest BCUT2D eigenvalue weighted by atomic mass is 9.75. The van der Waals surface area contributed by atoms with Crippen molar-refractivity contribution in [3.63, 3.8) is 0 Å². The fraction of sp³-hybridized carbons (Fsp3) is 0.696. The Bertz CT molecular complexity index is 689. The molecule has 0 saturated heterocycles. The summed E-state index contributed by atoms with van der Waals surface area (Å²) in [5.74, 6) is 3.45. The summed E-state index contributed by atoms with van der Waals surface area (Å²) in [7, 11) is 9.25. The van der Waals surface area contributed by atoms with Crippen molar-refractivity contribution in [2.75, 3.05) is 48.5 Å². The average Bonchev–Trinajstić information content (AvgIpc) is 2.74. The van der Waals surface area contributed by atoms with Crippen LogP contribution in [-0.4, -0.2) is 64.9 Å². The topological polar surface area (TPSA) is 67.4 Å². The van der Waals surface area contributed by atoms with Crippen LogP contribution in [-0.2, 0) is 6.54 Å². The van der Waals surface area contributed by atoms with E-state index < -0.39 is 0 Å². The Morgan fingerprint density at radius 3 is 2.26 bits per heavy atom. The van der Waals surface area contributed by atoms with Crippen LogP contribution in [0.2, 0.25) is 0 Å². The summed E-state index contributed by atoms with van der Waals surface area (Å²) < 4.78 is 16.3. The number of hydrogen-bond donors (Lipinski definition) is 2. The van der Waals surface area contributed by atoms with Crippen molar-refractivity contribution in [1.82, 2.24) is 15.5 Å². The van der Waals surface area contributed by atoms with Gasteiger partial charge >= 0.3 is 0 Å². The molecule has 2 rings (SSSR count). The minimum absolute atomic E-state index is 0. The fourth-order valence-corrected chi connectivity index (χ4v) is 4.34. The molecule has 2 unspecified atom stereocenters. The largest absolute Gasteiger partial charge is 0.493 e. The van der Waals surface area contributed by atoms with Crippen LogP contribution < -0.4 is 24.8 Å². The number of rotatable bonds is 9. The maximum absolute atomic E-state index is 5.46. The van der Waals surface area contributed by atoms with Gasteiger partial charge < -0.3 is 29.7 Å². The van der Waals surface area contributed by atoms with E-state index in [2.05, 4.69) is 43.5 Å². The van der Waals surface area contributed by atoms with Crippen molar-refractivity contribution < 1.29 is 14.2 Å². The number of halogens is 1. The lowest BCUT2D eigenvalue weighted by Crippen LogP contribution is -2.56. The summed E-state index contributed by atoms with van der Waals surface area (Å²) >= 11 is 0. The van der Waals surface area contributed by atoms with Crippen LogP contribution in [0.3, 0.4) is 0 Å². The lowest BCUT2D eigenvalue weighted by molar-refractivity contribution is 0.0795. The second kappa shape index (κ2) is 13.2. The van der Waals surface area contributed by atoms with Crippen LogP contribution in [0.1, 0.15) is 45.1 Å². The van der Waals surface area contributed by atoms with Crippen LogP contribution in [0.15, 0.2) is 17.1 Å². The molecule has 1 saturated carbocycles. The van der Waals surface area contributed by atoms with Gasteiger partial charge in [0.05, 0.1) is 27.9 Å². The van der Waals surface area contributed by atoms with Gasteiger partial charge in [0.25, 0.3) is 0 Å². The number of aliphatic imine (C=N–C) groups is 1. The minimum atomic E-state index is 0. The molecule has 2 atom stereocenters. The fourth-order valence-electron chi connectivity index (χ4n) is 4.34. The van der Waals surface area contributed by atoms with E-state index in [1.807, 2.05) is 12.1 Å². The molecule has 0 aliphatic heterocycles. The SMILES string of the molecule is CCNC(=NCc1cc(OC)c(OC)c(OC)c1)NCC1(N(C)C)CCCC(C)C1.I. The summed E-state index contributed by atoms with van der Waals surface area (Å²) in [6.07, 6.45) is 5.02. The van der Waals surface area contributed by atoms with Crippen molar-refractivity contribution >= 4 is 29.9 Å². The molecule has 1 aromatic rings. The zero-order chi connectivity index (χ0) is 22.1. The summed E-state index contributed by atoms with van der Waals surface area (Å²) in [4.78, 5) is 7.20. The summed E-state index contributed by atoms with van der Waals surface area (Å²) in [6, 6.07) is 3.89. The molecular weight excluding hydrogens is 507 g/mol. The van der Waals surface area contributed by atoms with Crippen molar-refractivity contribution in [3.8, 4) is 17.2 Å². The molecule has 1 aliphatic carbocycles. The highest BCUT2D eigenvalue weighted by atomic mass is 127. The Labute approximate surface area is 205 Å². The zero-order valence-corrected chi connectivity index (χ0v) is 22.5. The smallest absolute Gasteiger partial charge is 0.203 e. The molecule has 1 aromatic carbocycles. The molecule has 2 N–H and O–H groups in total. The number of nitrogens with one attached hydrogen (secondary N) is 2. The molecular formula is C23H41IN4O3.